The first-order valence-corrected chi connectivity index (χ1v) is 15.0. The second-order valence-electron chi connectivity index (χ2n) is 9.11. The van der Waals surface area contributed by atoms with E-state index in [4.69, 9.17) is 5.73 Å². The average molecular weight is 333 g/mol. The van der Waals surface area contributed by atoms with Gasteiger partial charge in [0.2, 0.25) is 0 Å². The lowest BCUT2D eigenvalue weighted by molar-refractivity contribution is 0.0600. The molecule has 1 heterocycles. The largest absolute Gasteiger partial charge is 0.444 e. The number of nitrogens with two attached hydrogens (primary N) is 1. The molecule has 1 rings (SSSR count). The van der Waals surface area contributed by atoms with Crippen molar-refractivity contribution in [2.45, 2.75) is 89.8 Å². The van der Waals surface area contributed by atoms with Crippen LogP contribution in [0.5, 0.6) is 0 Å². The molecule has 1 fully saturated rings. The zero-order chi connectivity index (χ0) is 17.1. The highest BCUT2D eigenvalue weighted by molar-refractivity contribution is 6.79. The van der Waals surface area contributed by atoms with Gasteiger partial charge in [-0.2, -0.15) is 0 Å². The standard InChI is InChI=1S/C10H25NSi2.C5H11NO2/c1-12(2,3)9-7-8-10(11-9)13(4,5)6;1-5(2,3)8-4(6)7/h9-11H,7-8H2,1-6H3;1-3H3,(H2,6,7). The molecule has 0 spiro atoms. The maximum absolute atomic E-state index is 10.0. The van der Waals surface area contributed by atoms with Crippen molar-refractivity contribution in [2.75, 3.05) is 0 Å². The van der Waals surface area contributed by atoms with Crippen molar-refractivity contribution in [2.24, 2.45) is 5.73 Å². The van der Waals surface area contributed by atoms with E-state index in [1.807, 2.05) is 0 Å². The maximum Gasteiger partial charge on any atom is 0.405 e. The van der Waals surface area contributed by atoms with Gasteiger partial charge >= 0.3 is 6.09 Å². The van der Waals surface area contributed by atoms with Crippen LogP contribution in [0.15, 0.2) is 0 Å². The molecule has 2 unspecified atom stereocenters. The molecule has 0 saturated carbocycles. The first-order chi connectivity index (χ1) is 9.13. The normalized spacial score (nSPS) is 23.3. The number of hydrogen-bond acceptors (Lipinski definition) is 3. The Balaban J connectivity index is 0.000000433. The highest BCUT2D eigenvalue weighted by Gasteiger charge is 2.38. The molecule has 126 valence electrons. The Morgan fingerprint density at radius 3 is 1.43 bits per heavy atom. The summed E-state index contributed by atoms with van der Waals surface area (Å²) in [7, 11) is -1.87. The summed E-state index contributed by atoms with van der Waals surface area (Å²) in [6, 6.07) is 0. The van der Waals surface area contributed by atoms with Gasteiger partial charge in [-0.15, -0.1) is 0 Å². The predicted octanol–water partition coefficient (Wildman–Crippen LogP) is 3.74. The van der Waals surface area contributed by atoms with Crippen LogP contribution in [-0.2, 0) is 4.74 Å². The Morgan fingerprint density at radius 1 is 1.00 bits per heavy atom. The van der Waals surface area contributed by atoms with E-state index in [0.29, 0.717) is 0 Å². The van der Waals surface area contributed by atoms with Gasteiger partial charge in [-0.05, 0) is 44.9 Å². The third-order valence-corrected chi connectivity index (χ3v) is 8.74. The zero-order valence-electron chi connectivity index (χ0n) is 15.5. The molecule has 4 nitrogen and oxygen atoms in total. The number of amides is 1. The van der Waals surface area contributed by atoms with E-state index in [0.717, 1.165) is 11.3 Å². The van der Waals surface area contributed by atoms with Crippen LogP contribution >= 0.6 is 0 Å². The van der Waals surface area contributed by atoms with Crippen LogP contribution in [0.25, 0.3) is 0 Å². The molecule has 1 amide bonds. The van der Waals surface area contributed by atoms with Gasteiger partial charge in [0.25, 0.3) is 0 Å². The Bertz CT molecular complexity index is 321. The molecule has 0 aliphatic carbocycles. The van der Waals surface area contributed by atoms with Crippen molar-refractivity contribution in [3.63, 3.8) is 0 Å². The number of carbonyl (C=O) groups excluding carboxylic acids is 1. The fraction of sp³-hybridized carbons (Fsp3) is 0.933. The Kier molecular flexibility index (Phi) is 7.17. The van der Waals surface area contributed by atoms with Gasteiger partial charge in [0.15, 0.2) is 0 Å². The predicted molar refractivity (Wildman–Crippen MR) is 97.1 cm³/mol. The third kappa shape index (κ3) is 9.32. The zero-order valence-corrected chi connectivity index (χ0v) is 17.5. The molecule has 2 atom stereocenters. The van der Waals surface area contributed by atoms with Crippen LogP contribution in [0.3, 0.4) is 0 Å². The van der Waals surface area contributed by atoms with Crippen LogP contribution in [0.1, 0.15) is 33.6 Å². The third-order valence-electron chi connectivity index (χ3n) is 3.64. The highest BCUT2D eigenvalue weighted by Crippen LogP contribution is 2.26. The minimum absolute atomic E-state index is 0.453. The molecule has 6 heteroatoms. The van der Waals surface area contributed by atoms with Crippen molar-refractivity contribution < 1.29 is 9.53 Å². The first-order valence-electron chi connectivity index (χ1n) is 7.87. The average Bonchev–Trinajstić information content (AvgIpc) is 2.59. The molecule has 1 saturated heterocycles. The molecule has 0 bridgehead atoms. The van der Waals surface area contributed by atoms with Gasteiger partial charge in [-0.3, -0.25) is 0 Å². The maximum atomic E-state index is 10.0. The van der Waals surface area contributed by atoms with E-state index in [-0.39, 0.29) is 0 Å². The summed E-state index contributed by atoms with van der Waals surface area (Å²) < 4.78 is 4.58. The fourth-order valence-electron chi connectivity index (χ4n) is 2.41. The summed E-state index contributed by atoms with van der Waals surface area (Å²) in [6.07, 6.45) is 2.15. The molecule has 21 heavy (non-hydrogen) atoms. The molecule has 3 N–H and O–H groups in total. The van der Waals surface area contributed by atoms with Crippen molar-refractivity contribution in [3.8, 4) is 0 Å². The van der Waals surface area contributed by atoms with Crippen molar-refractivity contribution in [1.29, 1.82) is 0 Å². The minimum atomic E-state index is -0.934. The molecule has 0 aromatic heterocycles. The van der Waals surface area contributed by atoms with E-state index >= 15 is 0 Å². The summed E-state index contributed by atoms with van der Waals surface area (Å²) in [5, 5.41) is 3.89. The lowest BCUT2D eigenvalue weighted by Crippen LogP contribution is -2.53. The van der Waals surface area contributed by atoms with Gasteiger partial charge in [0.05, 0.1) is 16.1 Å². The highest BCUT2D eigenvalue weighted by atomic mass is 28.3. The number of primary amides is 1. The number of carbonyl (C=O) groups is 1. The topological polar surface area (TPSA) is 64.3 Å². The summed E-state index contributed by atoms with van der Waals surface area (Å²) >= 11 is 0. The Hall–Kier alpha value is -0.336. The second kappa shape index (κ2) is 7.28. The van der Waals surface area contributed by atoms with Crippen LogP contribution < -0.4 is 11.1 Å². The number of hydrogen-bond donors (Lipinski definition) is 2. The van der Waals surface area contributed by atoms with Crippen LogP contribution in [-0.4, -0.2) is 39.2 Å². The molecular formula is C15H36N2O2Si2. The monoisotopic (exact) mass is 332 g/mol. The van der Waals surface area contributed by atoms with Gasteiger partial charge in [-0.1, -0.05) is 39.3 Å². The van der Waals surface area contributed by atoms with Gasteiger partial charge < -0.3 is 15.8 Å². The Morgan fingerprint density at radius 2 is 1.33 bits per heavy atom. The van der Waals surface area contributed by atoms with E-state index in [1.54, 1.807) is 20.8 Å². The quantitative estimate of drug-likeness (QED) is 0.757. The van der Waals surface area contributed by atoms with Crippen molar-refractivity contribution in [1.82, 2.24) is 5.32 Å². The van der Waals surface area contributed by atoms with Crippen molar-refractivity contribution >= 4 is 22.2 Å². The summed E-state index contributed by atoms with van der Waals surface area (Å²) in [4.78, 5) is 10.0. The second-order valence-corrected chi connectivity index (χ2v) is 20.0. The van der Waals surface area contributed by atoms with E-state index in [1.165, 1.54) is 12.8 Å². The summed E-state index contributed by atoms with van der Waals surface area (Å²) in [5.74, 6) is 0. The van der Waals surface area contributed by atoms with Crippen LogP contribution in [0.2, 0.25) is 39.3 Å². The van der Waals surface area contributed by atoms with Crippen LogP contribution in [0, 0.1) is 0 Å². The Labute approximate surface area is 133 Å². The van der Waals surface area contributed by atoms with Gasteiger partial charge in [0, 0.05) is 0 Å². The molecule has 0 aromatic carbocycles. The van der Waals surface area contributed by atoms with E-state index in [9.17, 15) is 4.79 Å². The fourth-order valence-corrected chi connectivity index (χ4v) is 6.05. The SMILES string of the molecule is CC(C)(C)OC(N)=O.C[Si](C)(C)C1CCC([Si](C)(C)C)N1. The molecule has 0 radical (unpaired) electrons. The molecule has 1 aliphatic rings. The van der Waals surface area contributed by atoms with E-state index in [2.05, 4.69) is 49.3 Å². The summed E-state index contributed by atoms with van der Waals surface area (Å²) in [6.45, 7) is 20.2. The molecular weight excluding hydrogens is 296 g/mol. The van der Waals surface area contributed by atoms with Gasteiger partial charge in [-0.25, -0.2) is 4.79 Å². The lowest BCUT2D eigenvalue weighted by Gasteiger charge is -2.30. The smallest absolute Gasteiger partial charge is 0.405 e. The van der Waals surface area contributed by atoms with Crippen LogP contribution in [0.4, 0.5) is 4.79 Å². The summed E-state index contributed by atoms with van der Waals surface area (Å²) in [5.41, 5.74) is 6.02. The number of rotatable bonds is 2. The first kappa shape index (κ1) is 20.7. The number of nitrogens with one attached hydrogen (secondary N) is 1. The lowest BCUT2D eigenvalue weighted by atomic mass is 10.2. The molecule has 1 aliphatic heterocycles. The van der Waals surface area contributed by atoms with Crippen molar-refractivity contribution in [3.05, 3.63) is 0 Å². The van der Waals surface area contributed by atoms with E-state index < -0.39 is 27.8 Å². The minimum Gasteiger partial charge on any atom is -0.444 e. The number of ether oxygens (including phenoxy) is 1. The molecule has 0 aromatic rings. The van der Waals surface area contributed by atoms with Gasteiger partial charge in [0.1, 0.15) is 5.60 Å².